The normalized spacial score (nSPS) is 24.3. The van der Waals surface area contributed by atoms with Crippen molar-refractivity contribution in [3.05, 3.63) is 34.4 Å². The van der Waals surface area contributed by atoms with Gasteiger partial charge in [-0.05, 0) is 68.6 Å². The minimum Gasteiger partial charge on any atom is -0.457 e. The van der Waals surface area contributed by atoms with Crippen LogP contribution in [0.15, 0.2) is 12.1 Å². The van der Waals surface area contributed by atoms with Gasteiger partial charge in [-0.1, -0.05) is 38.5 Å². The van der Waals surface area contributed by atoms with Crippen LogP contribution >= 0.6 is 0 Å². The van der Waals surface area contributed by atoms with E-state index in [1.54, 1.807) is 0 Å². The van der Waals surface area contributed by atoms with Crippen molar-refractivity contribution in [2.75, 3.05) is 0 Å². The van der Waals surface area contributed by atoms with Gasteiger partial charge in [0.15, 0.2) is 6.10 Å². The molecule has 0 N–H and O–H groups in total. The van der Waals surface area contributed by atoms with E-state index in [0.717, 1.165) is 47.9 Å². The summed E-state index contributed by atoms with van der Waals surface area (Å²) in [6, 6.07) is 4.17. The fourth-order valence-electron chi connectivity index (χ4n) is 4.85. The van der Waals surface area contributed by atoms with Gasteiger partial charge in [-0.25, -0.2) is 0 Å². The van der Waals surface area contributed by atoms with Gasteiger partial charge in [0.25, 0.3) is 0 Å². The lowest BCUT2D eigenvalue weighted by Crippen LogP contribution is -2.42. The van der Waals surface area contributed by atoms with E-state index in [9.17, 15) is 9.59 Å². The maximum atomic E-state index is 13.0. The van der Waals surface area contributed by atoms with Gasteiger partial charge in [0.2, 0.25) is 0 Å². The fraction of sp³-hybridized carbons (Fsp3) is 0.652. The molecule has 2 fully saturated rings. The third-order valence-electron chi connectivity index (χ3n) is 5.81. The lowest BCUT2D eigenvalue weighted by molar-refractivity contribution is -0.165. The smallest absolute Gasteiger partial charge is 0.318 e. The monoisotopic (exact) mass is 372 g/mol. The molecule has 0 aromatic heterocycles. The number of ether oxygens (including phenoxy) is 2. The van der Waals surface area contributed by atoms with E-state index in [4.69, 9.17) is 9.47 Å². The molecule has 2 aliphatic rings. The Kier molecular flexibility index (Phi) is 5.13. The van der Waals surface area contributed by atoms with Gasteiger partial charge in [-0.2, -0.15) is 0 Å². The van der Waals surface area contributed by atoms with E-state index >= 15 is 0 Å². The molecule has 1 aliphatic carbocycles. The Bertz CT molecular complexity index is 727. The SMILES string of the molecule is Cc1cc(C)c(C2C(=O)OC3(CCCC3)C2OC(=O)CC(C)(C)C)c(C)c1. The minimum atomic E-state index is -0.654. The quantitative estimate of drug-likeness (QED) is 0.707. The van der Waals surface area contributed by atoms with Crippen LogP contribution in [0.4, 0.5) is 0 Å². The Hall–Kier alpha value is -1.84. The van der Waals surface area contributed by atoms with Gasteiger partial charge in [-0.3, -0.25) is 9.59 Å². The highest BCUT2D eigenvalue weighted by Gasteiger charge is 2.59. The second-order valence-corrected chi connectivity index (χ2v) is 9.63. The van der Waals surface area contributed by atoms with Crippen LogP contribution in [0.5, 0.6) is 0 Å². The molecular formula is C23H32O4. The molecule has 3 rings (SSSR count). The third kappa shape index (κ3) is 3.90. The summed E-state index contributed by atoms with van der Waals surface area (Å²) in [7, 11) is 0. The van der Waals surface area contributed by atoms with Crippen LogP contribution in [0.3, 0.4) is 0 Å². The summed E-state index contributed by atoms with van der Waals surface area (Å²) in [5.74, 6) is -1.03. The first-order chi connectivity index (χ1) is 12.5. The summed E-state index contributed by atoms with van der Waals surface area (Å²) in [4.78, 5) is 25.7. The first kappa shape index (κ1) is 19.9. The van der Waals surface area contributed by atoms with Crippen LogP contribution in [-0.2, 0) is 19.1 Å². The van der Waals surface area contributed by atoms with E-state index in [-0.39, 0.29) is 17.4 Å². The number of hydrogen-bond acceptors (Lipinski definition) is 4. The molecule has 0 radical (unpaired) electrons. The van der Waals surface area contributed by atoms with Crippen molar-refractivity contribution in [3.8, 4) is 0 Å². The summed E-state index contributed by atoms with van der Waals surface area (Å²) in [5.41, 5.74) is 3.43. The summed E-state index contributed by atoms with van der Waals surface area (Å²) >= 11 is 0. The van der Waals surface area contributed by atoms with Crippen molar-refractivity contribution in [1.82, 2.24) is 0 Å². The molecule has 148 valence electrons. The summed E-state index contributed by atoms with van der Waals surface area (Å²) in [6.45, 7) is 12.1. The average molecular weight is 373 g/mol. The van der Waals surface area contributed by atoms with Gasteiger partial charge in [-0.15, -0.1) is 0 Å². The van der Waals surface area contributed by atoms with Gasteiger partial charge in [0.05, 0.1) is 6.42 Å². The third-order valence-corrected chi connectivity index (χ3v) is 5.81. The van der Waals surface area contributed by atoms with Crippen LogP contribution in [0, 0.1) is 26.2 Å². The fourth-order valence-corrected chi connectivity index (χ4v) is 4.85. The highest BCUT2D eigenvalue weighted by atomic mass is 16.6. The molecule has 1 heterocycles. The van der Waals surface area contributed by atoms with Gasteiger partial charge in [0.1, 0.15) is 11.5 Å². The molecule has 1 aromatic rings. The lowest BCUT2D eigenvalue weighted by Gasteiger charge is -2.31. The maximum Gasteiger partial charge on any atom is 0.318 e. The lowest BCUT2D eigenvalue weighted by atomic mass is 9.81. The van der Waals surface area contributed by atoms with Crippen LogP contribution in [0.1, 0.15) is 81.0 Å². The van der Waals surface area contributed by atoms with Gasteiger partial charge >= 0.3 is 11.9 Å². The number of rotatable bonds is 3. The Morgan fingerprint density at radius 3 is 2.22 bits per heavy atom. The molecule has 0 bridgehead atoms. The second-order valence-electron chi connectivity index (χ2n) is 9.63. The van der Waals surface area contributed by atoms with E-state index in [1.807, 2.05) is 34.6 Å². The van der Waals surface area contributed by atoms with Crippen LogP contribution in [0.25, 0.3) is 0 Å². The molecule has 1 spiro atoms. The van der Waals surface area contributed by atoms with Gasteiger partial charge in [0, 0.05) is 0 Å². The van der Waals surface area contributed by atoms with Gasteiger partial charge < -0.3 is 9.47 Å². The maximum absolute atomic E-state index is 13.0. The molecule has 0 amide bonds. The molecule has 4 heteroatoms. The zero-order chi connectivity index (χ0) is 20.0. The van der Waals surface area contributed by atoms with E-state index in [0.29, 0.717) is 6.42 Å². The number of hydrogen-bond donors (Lipinski definition) is 0. The summed E-state index contributed by atoms with van der Waals surface area (Å²) in [6.07, 6.45) is 3.33. The highest BCUT2D eigenvalue weighted by molar-refractivity contribution is 5.84. The summed E-state index contributed by atoms with van der Waals surface area (Å²) < 4.78 is 12.0. The van der Waals surface area contributed by atoms with Crippen molar-refractivity contribution in [1.29, 1.82) is 0 Å². The average Bonchev–Trinajstić information content (AvgIpc) is 3.05. The van der Waals surface area contributed by atoms with Crippen LogP contribution in [0.2, 0.25) is 0 Å². The highest BCUT2D eigenvalue weighted by Crippen LogP contribution is 2.50. The first-order valence-electron chi connectivity index (χ1n) is 10.0. The van der Waals surface area contributed by atoms with Crippen LogP contribution < -0.4 is 0 Å². The molecule has 1 saturated carbocycles. The van der Waals surface area contributed by atoms with Crippen molar-refractivity contribution in [2.45, 2.75) is 91.3 Å². The number of carbonyl (C=O) groups excluding carboxylic acids is 2. The van der Waals surface area contributed by atoms with E-state index in [1.165, 1.54) is 0 Å². The molecule has 1 aliphatic heterocycles. The molecule has 1 saturated heterocycles. The molecule has 2 unspecified atom stereocenters. The first-order valence-corrected chi connectivity index (χ1v) is 10.0. The number of esters is 2. The summed E-state index contributed by atoms with van der Waals surface area (Å²) in [5, 5.41) is 0. The molecule has 27 heavy (non-hydrogen) atoms. The van der Waals surface area contributed by atoms with E-state index < -0.39 is 17.6 Å². The van der Waals surface area contributed by atoms with Crippen molar-refractivity contribution >= 4 is 11.9 Å². The number of carbonyl (C=O) groups is 2. The number of aryl methyl sites for hydroxylation is 3. The second kappa shape index (κ2) is 6.96. The predicted octanol–water partition coefficient (Wildman–Crippen LogP) is 4.91. The van der Waals surface area contributed by atoms with Crippen molar-refractivity contribution < 1.29 is 19.1 Å². The molecule has 1 aromatic carbocycles. The molecule has 2 atom stereocenters. The number of benzene rings is 1. The largest absolute Gasteiger partial charge is 0.457 e. The standard InChI is InChI=1S/C23H32O4/c1-14-11-15(2)18(16(3)12-14)19-20(26-17(24)13-22(4,5)6)23(27-21(19)25)9-7-8-10-23/h11-12,19-20H,7-10,13H2,1-6H3. The van der Waals surface area contributed by atoms with Crippen LogP contribution in [-0.4, -0.2) is 23.6 Å². The topological polar surface area (TPSA) is 52.6 Å². The minimum absolute atomic E-state index is 0.158. The zero-order valence-electron chi connectivity index (χ0n) is 17.5. The van der Waals surface area contributed by atoms with E-state index in [2.05, 4.69) is 19.1 Å². The Morgan fingerprint density at radius 1 is 1.15 bits per heavy atom. The predicted molar refractivity (Wildman–Crippen MR) is 105 cm³/mol. The zero-order valence-corrected chi connectivity index (χ0v) is 17.5. The Labute approximate surface area is 162 Å². The Balaban J connectivity index is 2.00. The molecule has 4 nitrogen and oxygen atoms in total. The molecular weight excluding hydrogens is 340 g/mol. The van der Waals surface area contributed by atoms with Crippen molar-refractivity contribution in [3.63, 3.8) is 0 Å². The van der Waals surface area contributed by atoms with Crippen molar-refractivity contribution in [2.24, 2.45) is 5.41 Å². The Morgan fingerprint density at radius 2 is 1.70 bits per heavy atom.